The number of ether oxygens (including phenoxy) is 1. The van der Waals surface area contributed by atoms with Crippen molar-refractivity contribution in [1.82, 2.24) is 9.78 Å². The van der Waals surface area contributed by atoms with Crippen molar-refractivity contribution in [3.05, 3.63) is 30.0 Å². The minimum Gasteiger partial charge on any atom is -0.480 e. The molecule has 0 saturated heterocycles. The summed E-state index contributed by atoms with van der Waals surface area (Å²) in [6.07, 6.45) is 1.85. The second-order valence-corrected chi connectivity index (χ2v) is 6.28. The number of carboxylic acids is 1. The third-order valence-corrected chi connectivity index (χ3v) is 3.11. The first kappa shape index (κ1) is 16.0. The number of carbonyl (C=O) groups is 2. The normalized spacial score (nSPS) is 13.1. The molecule has 0 aliphatic heterocycles. The molecule has 0 bridgehead atoms. The van der Waals surface area contributed by atoms with Crippen LogP contribution in [-0.2, 0) is 20.7 Å². The third kappa shape index (κ3) is 3.84. The van der Waals surface area contributed by atoms with Gasteiger partial charge in [-0.3, -0.25) is 9.48 Å². The zero-order valence-corrected chi connectivity index (χ0v) is 13.2. The summed E-state index contributed by atoms with van der Waals surface area (Å²) in [7, 11) is 0. The molecular formula is C16H20N2O4. The third-order valence-electron chi connectivity index (χ3n) is 3.11. The van der Waals surface area contributed by atoms with Crippen molar-refractivity contribution in [3.8, 4) is 0 Å². The Kier molecular flexibility index (Phi) is 4.21. The molecule has 2 aromatic rings. The summed E-state index contributed by atoms with van der Waals surface area (Å²) in [4.78, 5) is 22.8. The van der Waals surface area contributed by atoms with Crippen LogP contribution in [0, 0.1) is 0 Å². The number of aliphatic carboxylic acids is 1. The molecule has 1 unspecified atom stereocenters. The van der Waals surface area contributed by atoms with Crippen LogP contribution < -0.4 is 0 Å². The van der Waals surface area contributed by atoms with Gasteiger partial charge in [0, 0.05) is 11.6 Å². The van der Waals surface area contributed by atoms with Gasteiger partial charge < -0.3 is 9.84 Å². The van der Waals surface area contributed by atoms with Gasteiger partial charge in [-0.05, 0) is 45.4 Å². The zero-order chi connectivity index (χ0) is 16.5. The molecule has 0 amide bonds. The van der Waals surface area contributed by atoms with Crippen LogP contribution in [0.5, 0.6) is 0 Å². The minimum absolute atomic E-state index is 0.173. The van der Waals surface area contributed by atoms with Gasteiger partial charge in [-0.2, -0.15) is 5.10 Å². The lowest BCUT2D eigenvalue weighted by molar-refractivity contribution is -0.154. The second kappa shape index (κ2) is 5.79. The molecule has 0 radical (unpaired) electrons. The quantitative estimate of drug-likeness (QED) is 0.878. The van der Waals surface area contributed by atoms with Gasteiger partial charge in [0.1, 0.15) is 11.6 Å². The average Bonchev–Trinajstić information content (AvgIpc) is 2.78. The Hall–Kier alpha value is -2.37. The fourth-order valence-corrected chi connectivity index (χ4v) is 2.06. The smallest absolute Gasteiger partial charge is 0.328 e. The van der Waals surface area contributed by atoms with E-state index < -0.39 is 17.6 Å². The van der Waals surface area contributed by atoms with E-state index in [1.807, 2.05) is 26.8 Å². The van der Waals surface area contributed by atoms with Gasteiger partial charge in [0.2, 0.25) is 0 Å². The highest BCUT2D eigenvalue weighted by atomic mass is 16.6. The molecular weight excluding hydrogens is 284 g/mol. The Morgan fingerprint density at radius 2 is 2.05 bits per heavy atom. The summed E-state index contributed by atoms with van der Waals surface area (Å²) in [6.45, 7) is 7.04. The van der Waals surface area contributed by atoms with Crippen molar-refractivity contribution in [3.63, 3.8) is 0 Å². The standard InChI is InChI=1S/C16H20N2O4/c1-10(15(20)21)18-9-12-7-11(5-6-13(12)17-18)8-14(19)22-16(2,3)4/h5-7,9-10H,8H2,1-4H3,(H,20,21). The number of fused-ring (bicyclic) bond motifs is 1. The fourth-order valence-electron chi connectivity index (χ4n) is 2.06. The Balaban J connectivity index is 2.20. The van der Waals surface area contributed by atoms with Crippen LogP contribution in [-0.4, -0.2) is 32.4 Å². The SMILES string of the molecule is CC(C(=O)O)n1cc2cc(CC(=O)OC(C)(C)C)ccc2n1. The number of hydrogen-bond donors (Lipinski definition) is 1. The maximum atomic E-state index is 11.8. The summed E-state index contributed by atoms with van der Waals surface area (Å²) >= 11 is 0. The molecule has 6 nitrogen and oxygen atoms in total. The largest absolute Gasteiger partial charge is 0.480 e. The highest BCUT2D eigenvalue weighted by Gasteiger charge is 2.18. The average molecular weight is 304 g/mol. The van der Waals surface area contributed by atoms with Crippen molar-refractivity contribution >= 4 is 22.8 Å². The number of aromatic nitrogens is 2. The molecule has 1 heterocycles. The van der Waals surface area contributed by atoms with E-state index in [4.69, 9.17) is 9.84 Å². The van der Waals surface area contributed by atoms with Crippen LogP contribution in [0.25, 0.3) is 10.9 Å². The Morgan fingerprint density at radius 1 is 1.36 bits per heavy atom. The lowest BCUT2D eigenvalue weighted by atomic mass is 10.1. The molecule has 1 aromatic carbocycles. The molecule has 0 saturated carbocycles. The molecule has 0 aliphatic carbocycles. The van der Waals surface area contributed by atoms with E-state index in [0.29, 0.717) is 5.52 Å². The van der Waals surface area contributed by atoms with Crippen LogP contribution in [0.3, 0.4) is 0 Å². The van der Waals surface area contributed by atoms with Gasteiger partial charge in [0.25, 0.3) is 0 Å². The first-order valence-corrected chi connectivity index (χ1v) is 7.08. The van der Waals surface area contributed by atoms with Crippen LogP contribution in [0.4, 0.5) is 0 Å². The van der Waals surface area contributed by atoms with Crippen LogP contribution in [0.15, 0.2) is 24.4 Å². The van der Waals surface area contributed by atoms with E-state index in [-0.39, 0.29) is 12.4 Å². The number of benzene rings is 1. The minimum atomic E-state index is -0.943. The van der Waals surface area contributed by atoms with E-state index in [1.165, 1.54) is 4.68 Å². The molecule has 1 N–H and O–H groups in total. The topological polar surface area (TPSA) is 81.4 Å². The number of esters is 1. The van der Waals surface area contributed by atoms with Gasteiger partial charge in [-0.15, -0.1) is 0 Å². The van der Waals surface area contributed by atoms with E-state index in [1.54, 1.807) is 25.3 Å². The lowest BCUT2D eigenvalue weighted by Gasteiger charge is -2.19. The lowest BCUT2D eigenvalue weighted by Crippen LogP contribution is -2.24. The number of carboxylic acid groups (broad SMARTS) is 1. The molecule has 22 heavy (non-hydrogen) atoms. The maximum Gasteiger partial charge on any atom is 0.328 e. The zero-order valence-electron chi connectivity index (χ0n) is 13.2. The summed E-state index contributed by atoms with van der Waals surface area (Å²) in [5.41, 5.74) is 0.994. The highest BCUT2D eigenvalue weighted by molar-refractivity contribution is 5.82. The predicted octanol–water partition coefficient (Wildman–Crippen LogP) is 2.57. The number of nitrogens with zero attached hydrogens (tertiary/aromatic N) is 2. The van der Waals surface area contributed by atoms with Gasteiger partial charge in [0.15, 0.2) is 0 Å². The predicted molar refractivity (Wildman–Crippen MR) is 81.6 cm³/mol. The molecule has 1 atom stereocenters. The molecule has 6 heteroatoms. The van der Waals surface area contributed by atoms with E-state index in [0.717, 1.165) is 10.9 Å². The van der Waals surface area contributed by atoms with Crippen LogP contribution >= 0.6 is 0 Å². The Labute approximate surface area is 128 Å². The monoisotopic (exact) mass is 304 g/mol. The molecule has 2 rings (SSSR count). The molecule has 0 fully saturated rings. The van der Waals surface area contributed by atoms with E-state index >= 15 is 0 Å². The van der Waals surface area contributed by atoms with Crippen LogP contribution in [0.2, 0.25) is 0 Å². The summed E-state index contributed by atoms with van der Waals surface area (Å²) in [5.74, 6) is -1.24. The van der Waals surface area contributed by atoms with Gasteiger partial charge in [-0.25, -0.2) is 4.79 Å². The van der Waals surface area contributed by atoms with Gasteiger partial charge in [-0.1, -0.05) is 6.07 Å². The first-order valence-electron chi connectivity index (χ1n) is 7.08. The van der Waals surface area contributed by atoms with Gasteiger partial charge >= 0.3 is 11.9 Å². The van der Waals surface area contributed by atoms with Gasteiger partial charge in [0.05, 0.1) is 11.9 Å². The van der Waals surface area contributed by atoms with E-state index in [2.05, 4.69) is 5.10 Å². The summed E-state index contributed by atoms with van der Waals surface area (Å²) in [6, 6.07) is 4.67. The van der Waals surface area contributed by atoms with Crippen molar-refractivity contribution in [1.29, 1.82) is 0 Å². The van der Waals surface area contributed by atoms with Crippen molar-refractivity contribution in [2.45, 2.75) is 45.8 Å². The number of carbonyl (C=O) groups excluding carboxylic acids is 1. The van der Waals surface area contributed by atoms with Crippen LogP contribution in [0.1, 0.15) is 39.3 Å². The number of hydrogen-bond acceptors (Lipinski definition) is 4. The Morgan fingerprint density at radius 3 is 2.64 bits per heavy atom. The molecule has 0 spiro atoms. The second-order valence-electron chi connectivity index (χ2n) is 6.28. The van der Waals surface area contributed by atoms with Crippen molar-refractivity contribution in [2.75, 3.05) is 0 Å². The van der Waals surface area contributed by atoms with Crippen molar-refractivity contribution in [2.24, 2.45) is 0 Å². The molecule has 118 valence electrons. The summed E-state index contributed by atoms with van der Waals surface area (Å²) in [5, 5.41) is 14.1. The number of rotatable bonds is 4. The molecule has 0 aliphatic rings. The summed E-state index contributed by atoms with van der Waals surface area (Å²) < 4.78 is 6.70. The fraction of sp³-hybridized carbons (Fsp3) is 0.438. The maximum absolute atomic E-state index is 11.8. The first-order chi connectivity index (χ1) is 10.2. The van der Waals surface area contributed by atoms with Crippen molar-refractivity contribution < 1.29 is 19.4 Å². The Bertz CT molecular complexity index is 712. The van der Waals surface area contributed by atoms with E-state index in [9.17, 15) is 9.59 Å². The highest BCUT2D eigenvalue weighted by Crippen LogP contribution is 2.18. The molecule has 1 aromatic heterocycles.